The summed E-state index contributed by atoms with van der Waals surface area (Å²) in [5, 5.41) is 1.44. The molecule has 0 saturated carbocycles. The topological polar surface area (TPSA) is 35.5 Å². The zero-order valence-corrected chi connectivity index (χ0v) is 17.1. The van der Waals surface area contributed by atoms with E-state index >= 15 is 0 Å². The largest absolute Gasteiger partial charge is 0.486 e. The summed E-state index contributed by atoms with van der Waals surface area (Å²) in [5.41, 5.74) is 1.47. The van der Waals surface area contributed by atoms with Gasteiger partial charge < -0.3 is 9.47 Å². The first-order chi connectivity index (χ1) is 12.4. The predicted molar refractivity (Wildman–Crippen MR) is 109 cm³/mol. The van der Waals surface area contributed by atoms with Crippen molar-refractivity contribution in [3.63, 3.8) is 0 Å². The van der Waals surface area contributed by atoms with E-state index in [1.54, 1.807) is 36.4 Å². The van der Waals surface area contributed by atoms with Crippen molar-refractivity contribution in [2.75, 3.05) is 6.61 Å². The van der Waals surface area contributed by atoms with Crippen molar-refractivity contribution in [1.29, 1.82) is 0 Å². The molecule has 3 nitrogen and oxygen atoms in total. The number of carbonyl (C=O) groups excluding carboxylic acids is 1. The average Bonchev–Trinajstić information content (AvgIpc) is 2.59. The number of rotatable bonds is 6. The maximum atomic E-state index is 11.4. The Labute approximate surface area is 175 Å². The van der Waals surface area contributed by atoms with Gasteiger partial charge in [0.2, 0.25) is 0 Å². The summed E-state index contributed by atoms with van der Waals surface area (Å²) in [4.78, 5) is 11.4. The molecule has 7 heteroatoms. The van der Waals surface area contributed by atoms with Crippen LogP contribution < -0.4 is 4.74 Å². The Bertz CT molecular complexity index is 865. The second-order valence-electron chi connectivity index (χ2n) is 4.98. The Morgan fingerprint density at radius 1 is 1.19 bits per heavy atom. The fraction of sp³-hybridized carbons (Fsp3) is 0.105. The van der Waals surface area contributed by atoms with Crippen LogP contribution in [0.15, 0.2) is 40.9 Å². The van der Waals surface area contributed by atoms with E-state index in [4.69, 9.17) is 50.7 Å². The molecule has 2 aromatic carbocycles. The molecule has 0 unspecified atom stereocenters. The van der Waals surface area contributed by atoms with E-state index in [1.807, 2.05) is 0 Å². The van der Waals surface area contributed by atoms with E-state index in [0.29, 0.717) is 30.9 Å². The maximum Gasteiger partial charge on any atom is 0.331 e. The molecule has 0 fully saturated rings. The molecule has 0 atom stereocenters. The van der Waals surface area contributed by atoms with Crippen LogP contribution in [-0.4, -0.2) is 12.6 Å². The van der Waals surface area contributed by atoms with Gasteiger partial charge in [-0.1, -0.05) is 46.8 Å². The minimum Gasteiger partial charge on any atom is -0.486 e. The number of terminal acetylenes is 1. The average molecular weight is 475 g/mol. The number of halogens is 4. The molecule has 0 heterocycles. The van der Waals surface area contributed by atoms with Crippen molar-refractivity contribution in [1.82, 2.24) is 0 Å². The first-order valence-corrected chi connectivity index (χ1v) is 9.17. The summed E-state index contributed by atoms with van der Waals surface area (Å²) in [7, 11) is 0. The van der Waals surface area contributed by atoms with E-state index < -0.39 is 5.97 Å². The zero-order valence-electron chi connectivity index (χ0n) is 13.3. The fourth-order valence-corrected chi connectivity index (χ4v) is 3.38. The molecule has 2 aromatic rings. The SMILES string of the molecule is C#CCOC(=O)/C=C/c1cc(Cl)c(OCc2ccc(Cl)cc2Cl)c(Br)c1. The minimum atomic E-state index is -0.534. The van der Waals surface area contributed by atoms with E-state index in [-0.39, 0.29) is 13.2 Å². The number of carbonyl (C=O) groups is 1. The van der Waals surface area contributed by atoms with E-state index in [2.05, 4.69) is 21.9 Å². The van der Waals surface area contributed by atoms with E-state index in [0.717, 1.165) is 5.56 Å². The van der Waals surface area contributed by atoms with Gasteiger partial charge in [0.25, 0.3) is 0 Å². The molecule has 0 spiro atoms. The predicted octanol–water partition coefficient (Wildman–Crippen LogP) is 6.18. The molecule has 0 aliphatic heterocycles. The first kappa shape index (κ1) is 20.7. The van der Waals surface area contributed by atoms with Crippen LogP contribution in [0.5, 0.6) is 5.75 Å². The van der Waals surface area contributed by atoms with Crippen molar-refractivity contribution in [2.45, 2.75) is 6.61 Å². The van der Waals surface area contributed by atoms with Gasteiger partial charge in [0.15, 0.2) is 12.4 Å². The number of benzene rings is 2. The molecule has 0 bridgehead atoms. The van der Waals surface area contributed by atoms with Gasteiger partial charge in [-0.05, 0) is 51.8 Å². The second kappa shape index (κ2) is 9.89. The Balaban J connectivity index is 2.10. The second-order valence-corrected chi connectivity index (χ2v) is 7.09. The fourth-order valence-electron chi connectivity index (χ4n) is 1.93. The van der Waals surface area contributed by atoms with Crippen LogP contribution in [0.4, 0.5) is 0 Å². The van der Waals surface area contributed by atoms with Crippen LogP contribution in [0.1, 0.15) is 11.1 Å². The van der Waals surface area contributed by atoms with Gasteiger partial charge in [0, 0.05) is 21.7 Å². The normalized spacial score (nSPS) is 10.6. The Kier molecular flexibility index (Phi) is 7.86. The highest BCUT2D eigenvalue weighted by Crippen LogP contribution is 2.36. The van der Waals surface area contributed by atoms with Crippen molar-refractivity contribution >= 4 is 62.8 Å². The number of esters is 1. The van der Waals surface area contributed by atoms with Crippen molar-refractivity contribution < 1.29 is 14.3 Å². The molecule has 0 amide bonds. The van der Waals surface area contributed by atoms with Gasteiger partial charge in [-0.3, -0.25) is 0 Å². The zero-order chi connectivity index (χ0) is 19.1. The molecule has 2 rings (SSSR count). The van der Waals surface area contributed by atoms with Gasteiger partial charge in [-0.15, -0.1) is 6.42 Å². The molecule has 0 radical (unpaired) electrons. The number of ether oxygens (including phenoxy) is 2. The summed E-state index contributed by atoms with van der Waals surface area (Å²) in [6.07, 6.45) is 7.86. The van der Waals surface area contributed by atoms with Crippen LogP contribution >= 0.6 is 50.7 Å². The Hall–Kier alpha value is -1.64. The van der Waals surface area contributed by atoms with Gasteiger partial charge in [0.05, 0.1) is 9.50 Å². The lowest BCUT2D eigenvalue weighted by molar-refractivity contribution is -0.136. The van der Waals surface area contributed by atoms with Crippen LogP contribution in [0.25, 0.3) is 6.08 Å². The molecule has 0 N–H and O–H groups in total. The summed E-state index contributed by atoms with van der Waals surface area (Å²) in [6, 6.07) is 8.58. The standard InChI is InChI=1S/C19H12BrCl3O3/c1-2-7-25-18(24)6-3-12-8-15(20)19(17(23)9-12)26-11-13-4-5-14(21)10-16(13)22/h1,3-6,8-10H,7,11H2/b6-3+. The number of hydrogen-bond donors (Lipinski definition) is 0. The maximum absolute atomic E-state index is 11.4. The lowest BCUT2D eigenvalue weighted by atomic mass is 10.2. The molecule has 134 valence electrons. The van der Waals surface area contributed by atoms with Gasteiger partial charge in [0.1, 0.15) is 6.61 Å². The van der Waals surface area contributed by atoms with Crippen LogP contribution in [0.2, 0.25) is 15.1 Å². The molecule has 0 aromatic heterocycles. The minimum absolute atomic E-state index is 0.0757. The summed E-state index contributed by atoms with van der Waals surface area (Å²) in [6.45, 7) is 0.148. The lowest BCUT2D eigenvalue weighted by Crippen LogP contribution is -2.00. The van der Waals surface area contributed by atoms with Gasteiger partial charge in [-0.2, -0.15) is 0 Å². The van der Waals surface area contributed by atoms with E-state index in [9.17, 15) is 4.79 Å². The number of hydrogen-bond acceptors (Lipinski definition) is 3. The summed E-state index contributed by atoms with van der Waals surface area (Å²) >= 11 is 21.7. The molecule has 0 aliphatic rings. The van der Waals surface area contributed by atoms with Crippen molar-refractivity contribution in [3.05, 3.63) is 67.1 Å². The molecule has 0 aliphatic carbocycles. The Morgan fingerprint density at radius 2 is 1.96 bits per heavy atom. The van der Waals surface area contributed by atoms with Gasteiger partial charge >= 0.3 is 5.97 Å². The highest BCUT2D eigenvalue weighted by Gasteiger charge is 2.10. The van der Waals surface area contributed by atoms with Crippen LogP contribution in [0, 0.1) is 12.3 Å². The molecule has 0 saturated heterocycles. The third-order valence-corrected chi connectivity index (χ3v) is 4.57. The third-order valence-electron chi connectivity index (χ3n) is 3.12. The molecular weight excluding hydrogens is 462 g/mol. The first-order valence-electron chi connectivity index (χ1n) is 7.24. The monoisotopic (exact) mass is 472 g/mol. The highest BCUT2D eigenvalue weighted by molar-refractivity contribution is 9.10. The third kappa shape index (κ3) is 5.96. The quantitative estimate of drug-likeness (QED) is 0.285. The Morgan fingerprint density at radius 3 is 2.62 bits per heavy atom. The van der Waals surface area contributed by atoms with E-state index in [1.165, 1.54) is 6.08 Å². The van der Waals surface area contributed by atoms with Gasteiger partial charge in [-0.25, -0.2) is 4.79 Å². The summed E-state index contributed by atoms with van der Waals surface area (Å²) in [5.74, 6) is 2.15. The van der Waals surface area contributed by atoms with Crippen LogP contribution in [0.3, 0.4) is 0 Å². The summed E-state index contributed by atoms with van der Waals surface area (Å²) < 4.78 is 11.1. The van der Waals surface area contributed by atoms with Crippen molar-refractivity contribution in [2.24, 2.45) is 0 Å². The lowest BCUT2D eigenvalue weighted by Gasteiger charge is -2.12. The molecular formula is C19H12BrCl3O3. The highest BCUT2D eigenvalue weighted by atomic mass is 79.9. The van der Waals surface area contributed by atoms with Crippen LogP contribution in [-0.2, 0) is 16.1 Å². The van der Waals surface area contributed by atoms with Crippen molar-refractivity contribution in [3.8, 4) is 18.1 Å². The molecule has 26 heavy (non-hydrogen) atoms. The smallest absolute Gasteiger partial charge is 0.331 e.